The van der Waals surface area contributed by atoms with Crippen LogP contribution in [0.4, 0.5) is 0 Å². The predicted molar refractivity (Wildman–Crippen MR) is 66.9 cm³/mol. The van der Waals surface area contributed by atoms with Crippen molar-refractivity contribution in [3.8, 4) is 0 Å². The molecule has 0 radical (unpaired) electrons. The Hall–Kier alpha value is -0.380. The molecule has 2 unspecified atom stereocenters. The molecule has 0 aliphatic carbocycles. The Kier molecular flexibility index (Phi) is 3.78. The topological polar surface area (TPSA) is 38.0 Å². The number of benzene rings is 1. The number of nitrogens with one attached hydrogen (secondary N) is 1. The molecule has 3 heteroatoms. The van der Waals surface area contributed by atoms with Crippen LogP contribution in [0.2, 0.25) is 0 Å². The third-order valence-electron chi connectivity index (χ3n) is 3.20. The summed E-state index contributed by atoms with van der Waals surface area (Å²) >= 11 is 3.51. The lowest BCUT2D eigenvalue weighted by molar-refractivity contribution is 0.464. The molecule has 82 valence electrons. The van der Waals surface area contributed by atoms with Gasteiger partial charge >= 0.3 is 0 Å². The summed E-state index contributed by atoms with van der Waals surface area (Å²) in [6.45, 7) is 2.98. The Labute approximate surface area is 99.4 Å². The van der Waals surface area contributed by atoms with Crippen molar-refractivity contribution in [3.05, 3.63) is 34.3 Å². The third-order valence-corrected chi connectivity index (χ3v) is 3.69. The van der Waals surface area contributed by atoms with E-state index in [0.717, 1.165) is 24.1 Å². The molecular weight excluding hydrogens is 252 g/mol. The molecule has 0 saturated carbocycles. The summed E-state index contributed by atoms with van der Waals surface area (Å²) < 4.78 is 1.14. The summed E-state index contributed by atoms with van der Waals surface area (Å²) in [5, 5.41) is 3.40. The number of halogens is 1. The lowest BCUT2D eigenvalue weighted by Crippen LogP contribution is -2.23. The molecule has 1 fully saturated rings. The van der Waals surface area contributed by atoms with Crippen molar-refractivity contribution < 1.29 is 0 Å². The Balaban J connectivity index is 2.18. The van der Waals surface area contributed by atoms with E-state index in [0.29, 0.717) is 11.8 Å². The molecule has 2 rings (SSSR count). The average Bonchev–Trinajstić information content (AvgIpc) is 2.72. The zero-order valence-corrected chi connectivity index (χ0v) is 10.3. The maximum Gasteiger partial charge on any atom is 0.0178 e. The van der Waals surface area contributed by atoms with E-state index in [2.05, 4.69) is 45.5 Å². The van der Waals surface area contributed by atoms with Gasteiger partial charge < -0.3 is 11.1 Å². The van der Waals surface area contributed by atoms with Gasteiger partial charge in [0.15, 0.2) is 0 Å². The van der Waals surface area contributed by atoms with Gasteiger partial charge in [0.05, 0.1) is 0 Å². The van der Waals surface area contributed by atoms with E-state index in [4.69, 9.17) is 5.73 Å². The second kappa shape index (κ2) is 5.10. The number of hydrogen-bond acceptors (Lipinski definition) is 2. The van der Waals surface area contributed by atoms with Crippen molar-refractivity contribution in [3.63, 3.8) is 0 Å². The van der Waals surface area contributed by atoms with Gasteiger partial charge in [0.2, 0.25) is 0 Å². The van der Waals surface area contributed by atoms with Gasteiger partial charge in [0.25, 0.3) is 0 Å². The first-order chi connectivity index (χ1) is 7.31. The van der Waals surface area contributed by atoms with Gasteiger partial charge in [-0.1, -0.05) is 28.1 Å². The van der Waals surface area contributed by atoms with Crippen LogP contribution in [0.3, 0.4) is 0 Å². The molecule has 2 nitrogen and oxygen atoms in total. The van der Waals surface area contributed by atoms with Crippen LogP contribution in [0.25, 0.3) is 0 Å². The van der Waals surface area contributed by atoms with Crippen molar-refractivity contribution >= 4 is 15.9 Å². The van der Waals surface area contributed by atoms with E-state index in [1.165, 1.54) is 12.0 Å². The van der Waals surface area contributed by atoms with E-state index in [9.17, 15) is 0 Å². The van der Waals surface area contributed by atoms with E-state index in [1.54, 1.807) is 0 Å². The summed E-state index contributed by atoms with van der Waals surface area (Å²) in [6, 6.07) is 8.52. The van der Waals surface area contributed by atoms with Crippen molar-refractivity contribution in [1.29, 1.82) is 0 Å². The van der Waals surface area contributed by atoms with Crippen LogP contribution in [0.15, 0.2) is 28.7 Å². The normalized spacial score (nSPS) is 22.9. The quantitative estimate of drug-likeness (QED) is 0.882. The van der Waals surface area contributed by atoms with Crippen molar-refractivity contribution in [2.24, 2.45) is 11.7 Å². The Bertz CT molecular complexity index is 321. The monoisotopic (exact) mass is 268 g/mol. The Morgan fingerprint density at radius 3 is 3.00 bits per heavy atom. The molecule has 1 aromatic carbocycles. The highest BCUT2D eigenvalue weighted by Gasteiger charge is 2.24. The first kappa shape index (κ1) is 11.1. The van der Waals surface area contributed by atoms with Crippen molar-refractivity contribution in [2.45, 2.75) is 12.3 Å². The van der Waals surface area contributed by atoms with Crippen LogP contribution in [-0.4, -0.2) is 19.6 Å². The minimum absolute atomic E-state index is 0.498. The number of nitrogens with two attached hydrogens (primary N) is 1. The van der Waals surface area contributed by atoms with E-state index < -0.39 is 0 Å². The summed E-state index contributed by atoms with van der Waals surface area (Å²) in [5.41, 5.74) is 7.25. The molecule has 3 N–H and O–H groups in total. The lowest BCUT2D eigenvalue weighted by Gasteiger charge is -2.21. The van der Waals surface area contributed by atoms with Gasteiger partial charge in [-0.3, -0.25) is 0 Å². The fourth-order valence-corrected chi connectivity index (χ4v) is 2.78. The lowest BCUT2D eigenvalue weighted by atomic mass is 9.85. The Morgan fingerprint density at radius 2 is 2.40 bits per heavy atom. The highest BCUT2D eigenvalue weighted by molar-refractivity contribution is 9.10. The minimum Gasteiger partial charge on any atom is -0.330 e. The number of hydrogen-bond donors (Lipinski definition) is 2. The van der Waals surface area contributed by atoms with E-state index in [1.807, 2.05) is 0 Å². The van der Waals surface area contributed by atoms with Gasteiger partial charge in [-0.15, -0.1) is 0 Å². The summed E-state index contributed by atoms with van der Waals surface area (Å²) in [7, 11) is 0. The van der Waals surface area contributed by atoms with E-state index >= 15 is 0 Å². The molecule has 0 bridgehead atoms. The zero-order valence-electron chi connectivity index (χ0n) is 8.75. The maximum absolute atomic E-state index is 5.89. The molecule has 1 aromatic rings. The summed E-state index contributed by atoms with van der Waals surface area (Å²) in [6.07, 6.45) is 1.24. The van der Waals surface area contributed by atoms with Crippen LogP contribution in [0, 0.1) is 5.92 Å². The minimum atomic E-state index is 0.498. The molecule has 0 amide bonds. The maximum atomic E-state index is 5.89. The molecular formula is C12H17BrN2. The SMILES string of the molecule is NCC(c1cccc(Br)c1)C1CCNC1. The third kappa shape index (κ3) is 2.60. The number of rotatable bonds is 3. The predicted octanol–water partition coefficient (Wildman–Crippen LogP) is 2.10. The highest BCUT2D eigenvalue weighted by Crippen LogP contribution is 2.29. The highest BCUT2D eigenvalue weighted by atomic mass is 79.9. The molecule has 2 atom stereocenters. The zero-order chi connectivity index (χ0) is 10.7. The van der Waals surface area contributed by atoms with Crippen LogP contribution >= 0.6 is 15.9 Å². The van der Waals surface area contributed by atoms with E-state index in [-0.39, 0.29) is 0 Å². The molecule has 1 saturated heterocycles. The second-order valence-corrected chi connectivity index (χ2v) is 5.07. The van der Waals surface area contributed by atoms with Gasteiger partial charge in [0.1, 0.15) is 0 Å². The van der Waals surface area contributed by atoms with Crippen LogP contribution in [0.5, 0.6) is 0 Å². The molecule has 0 spiro atoms. The van der Waals surface area contributed by atoms with Crippen molar-refractivity contribution in [2.75, 3.05) is 19.6 Å². The molecule has 1 aliphatic rings. The van der Waals surface area contributed by atoms with Gasteiger partial charge in [-0.2, -0.15) is 0 Å². The van der Waals surface area contributed by atoms with Crippen molar-refractivity contribution in [1.82, 2.24) is 5.32 Å². The standard InChI is InChI=1S/C12H17BrN2/c13-11-3-1-2-9(6-11)12(7-14)10-4-5-15-8-10/h1-3,6,10,12,15H,4-5,7-8,14H2. The molecule has 1 aliphatic heterocycles. The summed E-state index contributed by atoms with van der Waals surface area (Å²) in [4.78, 5) is 0. The van der Waals surface area contributed by atoms with Crippen LogP contribution < -0.4 is 11.1 Å². The largest absolute Gasteiger partial charge is 0.330 e. The van der Waals surface area contributed by atoms with Gasteiger partial charge in [0, 0.05) is 10.4 Å². The first-order valence-electron chi connectivity index (χ1n) is 5.47. The Morgan fingerprint density at radius 1 is 1.53 bits per heavy atom. The fraction of sp³-hybridized carbons (Fsp3) is 0.500. The van der Waals surface area contributed by atoms with Gasteiger partial charge in [-0.25, -0.2) is 0 Å². The first-order valence-corrected chi connectivity index (χ1v) is 6.27. The van der Waals surface area contributed by atoms with Gasteiger partial charge in [-0.05, 0) is 49.7 Å². The summed E-state index contributed by atoms with van der Waals surface area (Å²) in [5.74, 6) is 1.20. The molecule has 15 heavy (non-hydrogen) atoms. The molecule has 1 heterocycles. The second-order valence-electron chi connectivity index (χ2n) is 4.15. The smallest absolute Gasteiger partial charge is 0.0178 e. The van der Waals surface area contributed by atoms with Crippen LogP contribution in [-0.2, 0) is 0 Å². The van der Waals surface area contributed by atoms with Crippen LogP contribution in [0.1, 0.15) is 17.9 Å². The molecule has 0 aromatic heterocycles. The average molecular weight is 269 g/mol. The fourth-order valence-electron chi connectivity index (χ4n) is 2.36.